The minimum Gasteiger partial charge on any atom is -0.317 e. The van der Waals surface area contributed by atoms with Gasteiger partial charge in [-0.2, -0.15) is 0 Å². The van der Waals surface area contributed by atoms with Crippen LogP contribution in [-0.4, -0.2) is 27.0 Å². The SMILES string of the molecule is [C-]#[N+]CCCCS(C)(=O)=O. The van der Waals surface area contributed by atoms with Crippen molar-refractivity contribution in [3.63, 3.8) is 0 Å². The first-order valence-electron chi connectivity index (χ1n) is 3.07. The zero-order valence-electron chi connectivity index (χ0n) is 6.00. The fourth-order valence-corrected chi connectivity index (χ4v) is 1.28. The standard InChI is InChI=1S/C6H11NO2S/c1-7-5-3-4-6-10(2,8)9/h3-6H2,2H3. The monoisotopic (exact) mass is 161 g/mol. The lowest BCUT2D eigenvalue weighted by atomic mass is 10.3. The van der Waals surface area contributed by atoms with Gasteiger partial charge in [0.1, 0.15) is 9.84 Å². The van der Waals surface area contributed by atoms with Crippen molar-refractivity contribution in [1.82, 2.24) is 0 Å². The molecule has 3 nitrogen and oxygen atoms in total. The van der Waals surface area contributed by atoms with Gasteiger partial charge in [-0.25, -0.2) is 15.0 Å². The summed E-state index contributed by atoms with van der Waals surface area (Å²) in [6, 6.07) is 0. The summed E-state index contributed by atoms with van der Waals surface area (Å²) in [7, 11) is -2.81. The average molecular weight is 161 g/mol. The van der Waals surface area contributed by atoms with Crippen LogP contribution in [0, 0.1) is 6.57 Å². The Morgan fingerprint density at radius 3 is 2.40 bits per heavy atom. The van der Waals surface area contributed by atoms with E-state index in [2.05, 4.69) is 4.85 Å². The van der Waals surface area contributed by atoms with Gasteiger partial charge in [0.2, 0.25) is 6.54 Å². The van der Waals surface area contributed by atoms with Crippen molar-refractivity contribution in [2.24, 2.45) is 0 Å². The van der Waals surface area contributed by atoms with E-state index in [1.54, 1.807) is 0 Å². The van der Waals surface area contributed by atoms with Gasteiger partial charge in [0, 0.05) is 12.7 Å². The molecule has 0 fully saturated rings. The molecule has 0 atom stereocenters. The first kappa shape index (κ1) is 9.44. The van der Waals surface area contributed by atoms with Crippen molar-refractivity contribution in [3.05, 3.63) is 11.4 Å². The van der Waals surface area contributed by atoms with Gasteiger partial charge < -0.3 is 4.85 Å². The molecule has 0 unspecified atom stereocenters. The van der Waals surface area contributed by atoms with Crippen LogP contribution in [0.25, 0.3) is 4.85 Å². The number of hydrogen-bond acceptors (Lipinski definition) is 2. The number of rotatable bonds is 4. The van der Waals surface area contributed by atoms with E-state index in [0.717, 1.165) is 0 Å². The van der Waals surface area contributed by atoms with Gasteiger partial charge in [-0.05, 0) is 6.42 Å². The Morgan fingerprint density at radius 2 is 2.00 bits per heavy atom. The zero-order chi connectivity index (χ0) is 8.04. The highest BCUT2D eigenvalue weighted by atomic mass is 32.2. The predicted molar refractivity (Wildman–Crippen MR) is 40.4 cm³/mol. The van der Waals surface area contributed by atoms with Crippen LogP contribution >= 0.6 is 0 Å². The second-order valence-electron chi connectivity index (χ2n) is 2.22. The smallest absolute Gasteiger partial charge is 0.214 e. The summed E-state index contributed by atoms with van der Waals surface area (Å²) in [5, 5.41) is 0. The Hall–Kier alpha value is -0.560. The van der Waals surface area contributed by atoms with E-state index in [0.29, 0.717) is 19.4 Å². The summed E-state index contributed by atoms with van der Waals surface area (Å²) >= 11 is 0. The molecule has 0 heterocycles. The van der Waals surface area contributed by atoms with Gasteiger partial charge in [-0.3, -0.25) is 0 Å². The van der Waals surface area contributed by atoms with Gasteiger partial charge >= 0.3 is 0 Å². The molecule has 0 aromatic heterocycles. The van der Waals surface area contributed by atoms with Crippen molar-refractivity contribution in [1.29, 1.82) is 0 Å². The van der Waals surface area contributed by atoms with Crippen LogP contribution in [0.1, 0.15) is 12.8 Å². The van der Waals surface area contributed by atoms with E-state index in [4.69, 9.17) is 6.57 Å². The maximum atomic E-state index is 10.5. The van der Waals surface area contributed by atoms with Crippen LogP contribution in [0.2, 0.25) is 0 Å². The molecule has 0 saturated heterocycles. The van der Waals surface area contributed by atoms with E-state index in [1.165, 1.54) is 6.26 Å². The van der Waals surface area contributed by atoms with Crippen LogP contribution in [0.5, 0.6) is 0 Å². The maximum Gasteiger partial charge on any atom is 0.214 e. The molecule has 0 N–H and O–H groups in total. The molecule has 10 heavy (non-hydrogen) atoms. The first-order valence-corrected chi connectivity index (χ1v) is 5.13. The summed E-state index contributed by atoms with van der Waals surface area (Å²) < 4.78 is 21.0. The highest BCUT2D eigenvalue weighted by Gasteiger charge is 2.00. The van der Waals surface area contributed by atoms with Gasteiger partial charge in [-0.1, -0.05) is 0 Å². The van der Waals surface area contributed by atoms with Gasteiger partial charge in [-0.15, -0.1) is 0 Å². The molecule has 4 heteroatoms. The van der Waals surface area contributed by atoms with E-state index in [9.17, 15) is 8.42 Å². The molecule has 0 amide bonds. The molecule has 0 aliphatic rings. The van der Waals surface area contributed by atoms with E-state index in [-0.39, 0.29) is 5.75 Å². The zero-order valence-corrected chi connectivity index (χ0v) is 6.82. The van der Waals surface area contributed by atoms with Crippen LogP contribution in [0.15, 0.2) is 0 Å². The van der Waals surface area contributed by atoms with Crippen molar-refractivity contribution in [3.8, 4) is 0 Å². The molecule has 0 aromatic carbocycles. The Morgan fingerprint density at radius 1 is 1.40 bits per heavy atom. The minimum atomic E-state index is -2.81. The molecule has 0 saturated carbocycles. The van der Waals surface area contributed by atoms with Crippen LogP contribution in [-0.2, 0) is 9.84 Å². The van der Waals surface area contributed by atoms with E-state index in [1.807, 2.05) is 0 Å². The minimum absolute atomic E-state index is 0.211. The van der Waals surface area contributed by atoms with Crippen LogP contribution < -0.4 is 0 Å². The molecular weight excluding hydrogens is 150 g/mol. The lowest BCUT2D eigenvalue weighted by molar-refractivity contribution is 0.598. The predicted octanol–water partition coefficient (Wildman–Crippen LogP) is 0.730. The third kappa shape index (κ3) is 7.44. The third-order valence-corrected chi connectivity index (χ3v) is 2.07. The fourth-order valence-electron chi connectivity index (χ4n) is 0.555. The summed E-state index contributed by atoms with van der Waals surface area (Å²) in [5.41, 5.74) is 0. The Labute approximate surface area is 61.8 Å². The molecule has 0 spiro atoms. The molecule has 58 valence electrons. The van der Waals surface area contributed by atoms with Crippen LogP contribution in [0.3, 0.4) is 0 Å². The second-order valence-corrected chi connectivity index (χ2v) is 4.48. The van der Waals surface area contributed by atoms with E-state index >= 15 is 0 Å². The number of sulfone groups is 1. The summed E-state index contributed by atoms with van der Waals surface area (Å²) in [5.74, 6) is 0.211. The van der Waals surface area contributed by atoms with Gasteiger partial charge in [0.05, 0.1) is 5.75 Å². The lowest BCUT2D eigenvalue weighted by Crippen LogP contribution is -2.02. The molecule has 0 aliphatic heterocycles. The normalized spacial score (nSPS) is 10.8. The molecule has 0 rings (SSSR count). The van der Waals surface area contributed by atoms with Crippen molar-refractivity contribution in [2.45, 2.75) is 12.8 Å². The van der Waals surface area contributed by atoms with Gasteiger partial charge in [0.15, 0.2) is 0 Å². The highest BCUT2D eigenvalue weighted by molar-refractivity contribution is 7.90. The summed E-state index contributed by atoms with van der Waals surface area (Å²) in [4.78, 5) is 3.11. The Kier molecular flexibility index (Phi) is 4.05. The van der Waals surface area contributed by atoms with Crippen molar-refractivity contribution < 1.29 is 8.42 Å². The molecular formula is C6H11NO2S. The summed E-state index contributed by atoms with van der Waals surface area (Å²) in [6.07, 6.45) is 2.52. The third-order valence-electron chi connectivity index (χ3n) is 1.04. The topological polar surface area (TPSA) is 38.5 Å². The van der Waals surface area contributed by atoms with E-state index < -0.39 is 9.84 Å². The maximum absolute atomic E-state index is 10.5. The number of unbranched alkanes of at least 4 members (excludes halogenated alkanes) is 1. The largest absolute Gasteiger partial charge is 0.317 e. The quantitative estimate of drug-likeness (QED) is 0.450. The molecule has 0 aliphatic carbocycles. The fraction of sp³-hybridized carbons (Fsp3) is 0.833. The lowest BCUT2D eigenvalue weighted by Gasteiger charge is -1.92. The molecule has 0 aromatic rings. The van der Waals surface area contributed by atoms with Crippen LogP contribution in [0.4, 0.5) is 0 Å². The average Bonchev–Trinajstić information content (AvgIpc) is 1.78. The summed E-state index contributed by atoms with van der Waals surface area (Å²) in [6.45, 7) is 6.85. The highest BCUT2D eigenvalue weighted by Crippen LogP contribution is 1.93. The first-order chi connectivity index (χ1) is 4.56. The van der Waals surface area contributed by atoms with Gasteiger partial charge in [0.25, 0.3) is 0 Å². The van der Waals surface area contributed by atoms with Crippen molar-refractivity contribution in [2.75, 3.05) is 18.6 Å². The Balaban J connectivity index is 3.32. The molecule has 0 bridgehead atoms. The Bertz CT molecular complexity index is 212. The molecule has 0 radical (unpaired) electrons. The number of nitrogens with zero attached hydrogens (tertiary/aromatic N) is 1. The second kappa shape index (κ2) is 4.29. The number of hydrogen-bond donors (Lipinski definition) is 0. The van der Waals surface area contributed by atoms with Crippen molar-refractivity contribution >= 4 is 9.84 Å².